The van der Waals surface area contributed by atoms with E-state index >= 15 is 0 Å². The minimum atomic E-state index is -1.19. The molecule has 0 aromatic rings. The fraction of sp³-hybridized carbons (Fsp3) is 1.00. The molecule has 0 unspecified atom stereocenters. The lowest BCUT2D eigenvalue weighted by Gasteiger charge is -2.08. The average molecular weight is 208 g/mol. The van der Waals surface area contributed by atoms with E-state index in [4.69, 9.17) is 10.2 Å². The highest BCUT2D eigenvalue weighted by molar-refractivity contribution is 4.60. The zero-order chi connectivity index (χ0) is 11.1. The Morgan fingerprint density at radius 2 is 1.21 bits per heavy atom. The van der Waals surface area contributed by atoms with Crippen LogP contribution in [0.4, 0.5) is 0 Å². The minimum absolute atomic E-state index is 0.115. The first kappa shape index (κ1) is 12.7. The van der Waals surface area contributed by atoms with Gasteiger partial charge >= 0.3 is 0 Å². The summed E-state index contributed by atoms with van der Waals surface area (Å²) in [4.78, 5) is 19.1. The number of aliphatic hydroxyl groups excluding tert-OH is 2. The SMILES string of the molecule is O=[N+]([O-])[C@H](CO)CC[C@H](CO)[N+](=O)[O-]. The van der Waals surface area contributed by atoms with E-state index in [2.05, 4.69) is 0 Å². The zero-order valence-electron chi connectivity index (χ0n) is 7.40. The van der Waals surface area contributed by atoms with E-state index in [0.29, 0.717) is 0 Å². The van der Waals surface area contributed by atoms with Crippen LogP contribution in [0.1, 0.15) is 12.8 Å². The molecular formula is C6H12N2O6. The fourth-order valence-electron chi connectivity index (χ4n) is 0.911. The summed E-state index contributed by atoms with van der Waals surface area (Å²) >= 11 is 0. The largest absolute Gasteiger partial charge is 0.389 e. The zero-order valence-corrected chi connectivity index (χ0v) is 7.40. The van der Waals surface area contributed by atoms with Crippen molar-refractivity contribution in [1.82, 2.24) is 0 Å². The van der Waals surface area contributed by atoms with Gasteiger partial charge in [-0.05, 0) is 0 Å². The third-order valence-corrected chi connectivity index (χ3v) is 1.85. The molecule has 0 bridgehead atoms. The number of nitrogens with zero attached hydrogens (tertiary/aromatic N) is 2. The number of rotatable bonds is 7. The Hall–Kier alpha value is -1.28. The van der Waals surface area contributed by atoms with Gasteiger partial charge in [0.2, 0.25) is 12.1 Å². The molecule has 0 aliphatic heterocycles. The predicted octanol–water partition coefficient (Wildman–Crippen LogP) is -0.958. The van der Waals surface area contributed by atoms with Crippen molar-refractivity contribution in [1.29, 1.82) is 0 Å². The van der Waals surface area contributed by atoms with Crippen molar-refractivity contribution in [3.05, 3.63) is 20.2 Å². The molecule has 0 saturated carbocycles. The third-order valence-electron chi connectivity index (χ3n) is 1.85. The second kappa shape index (κ2) is 6.22. The smallest absolute Gasteiger partial charge is 0.236 e. The van der Waals surface area contributed by atoms with Crippen LogP contribution in [0.3, 0.4) is 0 Å². The molecule has 0 spiro atoms. The van der Waals surface area contributed by atoms with E-state index in [1.54, 1.807) is 0 Å². The molecule has 0 aromatic heterocycles. The first-order chi connectivity index (χ1) is 6.52. The molecule has 14 heavy (non-hydrogen) atoms. The van der Waals surface area contributed by atoms with Gasteiger partial charge in [-0.3, -0.25) is 20.2 Å². The summed E-state index contributed by atoms with van der Waals surface area (Å²) in [5.74, 6) is 0. The molecule has 2 atom stereocenters. The molecule has 8 nitrogen and oxygen atoms in total. The van der Waals surface area contributed by atoms with Gasteiger partial charge < -0.3 is 10.2 Å². The summed E-state index contributed by atoms with van der Waals surface area (Å²) in [5, 5.41) is 37.5. The normalized spacial score (nSPS) is 14.7. The first-order valence-corrected chi connectivity index (χ1v) is 4.01. The fourth-order valence-corrected chi connectivity index (χ4v) is 0.911. The summed E-state index contributed by atoms with van der Waals surface area (Å²) in [6.07, 6.45) is -0.231. The van der Waals surface area contributed by atoms with Gasteiger partial charge in [0.15, 0.2) is 0 Å². The van der Waals surface area contributed by atoms with Crippen LogP contribution in [0.5, 0.6) is 0 Å². The highest BCUT2D eigenvalue weighted by atomic mass is 16.6. The molecule has 82 valence electrons. The van der Waals surface area contributed by atoms with Crippen LogP contribution in [-0.4, -0.2) is 45.4 Å². The number of nitro groups is 2. The van der Waals surface area contributed by atoms with Gasteiger partial charge in [0.05, 0.1) is 0 Å². The lowest BCUT2D eigenvalue weighted by molar-refractivity contribution is -0.541. The molecule has 8 heteroatoms. The Morgan fingerprint density at radius 3 is 1.36 bits per heavy atom. The molecule has 0 rings (SSSR count). The van der Waals surface area contributed by atoms with E-state index < -0.39 is 35.1 Å². The van der Waals surface area contributed by atoms with Crippen molar-refractivity contribution in [2.75, 3.05) is 13.2 Å². The third kappa shape index (κ3) is 4.10. The average Bonchev–Trinajstić information content (AvgIpc) is 2.11. The lowest BCUT2D eigenvalue weighted by atomic mass is 10.1. The Labute approximate surface area is 79.5 Å². The highest BCUT2D eigenvalue weighted by Gasteiger charge is 2.25. The second-order valence-electron chi connectivity index (χ2n) is 2.82. The number of hydrogen-bond acceptors (Lipinski definition) is 6. The van der Waals surface area contributed by atoms with Crippen molar-refractivity contribution in [3.63, 3.8) is 0 Å². The van der Waals surface area contributed by atoms with Gasteiger partial charge in [-0.25, -0.2) is 0 Å². The molecule has 0 aromatic carbocycles. The topological polar surface area (TPSA) is 127 Å². The van der Waals surface area contributed by atoms with Crippen molar-refractivity contribution >= 4 is 0 Å². The van der Waals surface area contributed by atoms with Gasteiger partial charge in [-0.2, -0.15) is 0 Å². The van der Waals surface area contributed by atoms with Crippen molar-refractivity contribution in [2.45, 2.75) is 24.9 Å². The molecule has 0 fully saturated rings. The van der Waals surface area contributed by atoms with Crippen molar-refractivity contribution in [2.24, 2.45) is 0 Å². The van der Waals surface area contributed by atoms with Crippen LogP contribution in [-0.2, 0) is 0 Å². The highest BCUT2D eigenvalue weighted by Crippen LogP contribution is 2.06. The van der Waals surface area contributed by atoms with E-state index in [1.165, 1.54) is 0 Å². The lowest BCUT2D eigenvalue weighted by Crippen LogP contribution is -2.29. The summed E-state index contributed by atoms with van der Waals surface area (Å²) in [5.41, 5.74) is 0. The van der Waals surface area contributed by atoms with Gasteiger partial charge in [-0.15, -0.1) is 0 Å². The van der Waals surface area contributed by atoms with Crippen molar-refractivity contribution < 1.29 is 20.1 Å². The molecule has 0 radical (unpaired) electrons. The maximum atomic E-state index is 10.2. The molecule has 0 heterocycles. The Kier molecular flexibility index (Phi) is 5.65. The van der Waals surface area contributed by atoms with Gasteiger partial charge in [0.1, 0.15) is 13.2 Å². The van der Waals surface area contributed by atoms with E-state index in [9.17, 15) is 20.2 Å². The summed E-state index contributed by atoms with van der Waals surface area (Å²) in [6, 6.07) is -2.38. The Morgan fingerprint density at radius 1 is 0.929 bits per heavy atom. The summed E-state index contributed by atoms with van der Waals surface area (Å²) in [6.45, 7) is -1.30. The number of hydrogen-bond donors (Lipinski definition) is 2. The predicted molar refractivity (Wildman–Crippen MR) is 45.0 cm³/mol. The summed E-state index contributed by atoms with van der Waals surface area (Å²) < 4.78 is 0. The van der Waals surface area contributed by atoms with Crippen LogP contribution in [0, 0.1) is 20.2 Å². The van der Waals surface area contributed by atoms with E-state index in [-0.39, 0.29) is 12.8 Å². The Balaban J connectivity index is 4.00. The van der Waals surface area contributed by atoms with Crippen molar-refractivity contribution in [3.8, 4) is 0 Å². The molecule has 0 saturated heterocycles. The molecular weight excluding hydrogens is 196 g/mol. The maximum Gasteiger partial charge on any atom is 0.236 e. The first-order valence-electron chi connectivity index (χ1n) is 4.01. The maximum absolute atomic E-state index is 10.2. The monoisotopic (exact) mass is 208 g/mol. The van der Waals surface area contributed by atoms with E-state index in [0.717, 1.165) is 0 Å². The number of aliphatic hydroxyl groups is 2. The quantitative estimate of drug-likeness (QED) is 0.409. The summed E-state index contributed by atoms with van der Waals surface area (Å²) in [7, 11) is 0. The van der Waals surface area contributed by atoms with Crippen LogP contribution >= 0.6 is 0 Å². The van der Waals surface area contributed by atoms with E-state index in [1.807, 2.05) is 0 Å². The van der Waals surface area contributed by atoms with Gasteiger partial charge in [-0.1, -0.05) is 0 Å². The van der Waals surface area contributed by atoms with Crippen LogP contribution < -0.4 is 0 Å². The standard InChI is InChI=1S/C6H12N2O6/c9-3-5(7(11)12)1-2-6(4-10)8(13)14/h5-6,9-10H,1-4H2/t5-,6+. The molecule has 0 amide bonds. The second-order valence-corrected chi connectivity index (χ2v) is 2.82. The molecule has 0 aliphatic rings. The van der Waals surface area contributed by atoms with Crippen LogP contribution in [0.2, 0.25) is 0 Å². The molecule has 2 N–H and O–H groups in total. The molecule has 0 aliphatic carbocycles. The van der Waals surface area contributed by atoms with Gasteiger partial charge in [0.25, 0.3) is 0 Å². The van der Waals surface area contributed by atoms with Crippen LogP contribution in [0.25, 0.3) is 0 Å². The van der Waals surface area contributed by atoms with Gasteiger partial charge in [0, 0.05) is 22.7 Å². The Bertz CT molecular complexity index is 186. The minimum Gasteiger partial charge on any atom is -0.389 e. The van der Waals surface area contributed by atoms with Crippen LogP contribution in [0.15, 0.2) is 0 Å².